The average Bonchev–Trinajstić information content (AvgIpc) is 2.38. The van der Waals surface area contributed by atoms with Gasteiger partial charge in [-0.1, -0.05) is 0 Å². The van der Waals surface area contributed by atoms with Crippen molar-refractivity contribution in [1.29, 1.82) is 0 Å². The zero-order valence-corrected chi connectivity index (χ0v) is 10.0. The molecule has 1 heterocycles. The Morgan fingerprint density at radius 3 is 1.50 bits per heavy atom. The van der Waals surface area contributed by atoms with Crippen molar-refractivity contribution in [1.82, 2.24) is 10.2 Å². The molecule has 1 aromatic carbocycles. The lowest BCUT2D eigenvalue weighted by Gasteiger charge is -2.17. The van der Waals surface area contributed by atoms with Crippen molar-refractivity contribution in [2.75, 3.05) is 0 Å². The Morgan fingerprint density at radius 1 is 0.722 bits per heavy atom. The highest BCUT2D eigenvalue weighted by molar-refractivity contribution is 6.28. The second-order valence-corrected chi connectivity index (χ2v) is 4.46. The molecule has 1 aliphatic rings. The number of carbonyl (C=O) groups is 2. The third-order valence-corrected chi connectivity index (χ3v) is 3.34. The van der Waals surface area contributed by atoms with Gasteiger partial charge in [-0.25, -0.2) is 0 Å². The molecular formula is C14H10N2O2. The minimum Gasteiger partial charge on any atom is -0.288 e. The van der Waals surface area contributed by atoms with E-state index >= 15 is 0 Å². The van der Waals surface area contributed by atoms with Gasteiger partial charge in [0.15, 0.2) is 11.6 Å². The van der Waals surface area contributed by atoms with Crippen molar-refractivity contribution in [3.8, 4) is 0 Å². The molecule has 0 saturated heterocycles. The molecule has 0 aliphatic heterocycles. The summed E-state index contributed by atoms with van der Waals surface area (Å²) in [5, 5.41) is 7.35. The number of aromatic nitrogens is 2. The number of nitrogens with zero attached hydrogens (tertiary/aromatic N) is 2. The third-order valence-electron chi connectivity index (χ3n) is 3.34. The van der Waals surface area contributed by atoms with Gasteiger partial charge in [0, 0.05) is 11.1 Å². The van der Waals surface area contributed by atoms with Crippen LogP contribution in [0, 0.1) is 13.8 Å². The van der Waals surface area contributed by atoms with Crippen molar-refractivity contribution in [3.63, 3.8) is 0 Å². The molecule has 0 unspecified atom stereocenters. The first-order valence-electron chi connectivity index (χ1n) is 5.61. The van der Waals surface area contributed by atoms with Crippen LogP contribution >= 0.6 is 0 Å². The number of aryl methyl sites for hydroxylation is 2. The van der Waals surface area contributed by atoms with Crippen molar-refractivity contribution in [2.24, 2.45) is 0 Å². The predicted octanol–water partition coefficient (Wildman–Crippen LogP) is 1.87. The van der Waals surface area contributed by atoms with Crippen molar-refractivity contribution >= 4 is 11.6 Å². The predicted molar refractivity (Wildman–Crippen MR) is 64.8 cm³/mol. The van der Waals surface area contributed by atoms with Crippen molar-refractivity contribution in [2.45, 2.75) is 13.8 Å². The molecule has 3 rings (SSSR count). The van der Waals surface area contributed by atoms with Crippen LogP contribution in [-0.4, -0.2) is 21.8 Å². The van der Waals surface area contributed by atoms with E-state index in [4.69, 9.17) is 0 Å². The van der Waals surface area contributed by atoms with Crippen LogP contribution in [0.15, 0.2) is 24.5 Å². The Hall–Kier alpha value is -2.36. The Kier molecular flexibility index (Phi) is 2.13. The normalized spacial score (nSPS) is 13.2. The summed E-state index contributed by atoms with van der Waals surface area (Å²) in [6.07, 6.45) is 2.71. The Morgan fingerprint density at radius 2 is 1.11 bits per heavy atom. The van der Waals surface area contributed by atoms with Gasteiger partial charge in [-0.2, -0.15) is 10.2 Å². The first-order chi connectivity index (χ1) is 8.59. The van der Waals surface area contributed by atoms with Crippen LogP contribution < -0.4 is 0 Å². The zero-order chi connectivity index (χ0) is 12.9. The highest BCUT2D eigenvalue weighted by Crippen LogP contribution is 2.28. The van der Waals surface area contributed by atoms with Gasteiger partial charge in [-0.05, 0) is 37.1 Å². The third kappa shape index (κ3) is 1.32. The smallest absolute Gasteiger partial charge is 0.196 e. The van der Waals surface area contributed by atoms with Crippen LogP contribution in [0.1, 0.15) is 43.0 Å². The molecule has 4 nitrogen and oxygen atoms in total. The van der Waals surface area contributed by atoms with E-state index in [0.717, 1.165) is 11.1 Å². The minimum absolute atomic E-state index is 0.155. The highest BCUT2D eigenvalue weighted by Gasteiger charge is 2.30. The van der Waals surface area contributed by atoms with Crippen LogP contribution in [0.3, 0.4) is 0 Å². The summed E-state index contributed by atoms with van der Waals surface area (Å²) in [5.41, 5.74) is 3.60. The molecule has 1 aromatic heterocycles. The van der Waals surface area contributed by atoms with E-state index < -0.39 is 0 Å². The van der Waals surface area contributed by atoms with Crippen LogP contribution in [0.25, 0.3) is 0 Å². The lowest BCUT2D eigenvalue weighted by atomic mass is 9.84. The van der Waals surface area contributed by atoms with E-state index in [0.29, 0.717) is 22.3 Å². The maximum atomic E-state index is 12.3. The maximum Gasteiger partial charge on any atom is 0.196 e. The fraction of sp³-hybridized carbons (Fsp3) is 0.143. The number of carbonyl (C=O) groups excluding carboxylic acids is 2. The average molecular weight is 238 g/mol. The fourth-order valence-electron chi connectivity index (χ4n) is 2.17. The zero-order valence-electron chi connectivity index (χ0n) is 10.0. The lowest BCUT2D eigenvalue weighted by Crippen LogP contribution is -2.22. The monoisotopic (exact) mass is 238 g/mol. The fourth-order valence-corrected chi connectivity index (χ4v) is 2.17. The largest absolute Gasteiger partial charge is 0.288 e. The summed E-state index contributed by atoms with van der Waals surface area (Å²) in [4.78, 5) is 24.6. The molecule has 0 N–H and O–H groups in total. The molecule has 1 aliphatic carbocycles. The first-order valence-corrected chi connectivity index (χ1v) is 5.61. The van der Waals surface area contributed by atoms with Crippen LogP contribution in [0.2, 0.25) is 0 Å². The Balaban J connectivity index is 2.34. The molecule has 0 saturated carbocycles. The van der Waals surface area contributed by atoms with Crippen molar-refractivity contribution < 1.29 is 9.59 Å². The maximum absolute atomic E-state index is 12.3. The topological polar surface area (TPSA) is 59.9 Å². The van der Waals surface area contributed by atoms with E-state index in [9.17, 15) is 9.59 Å². The van der Waals surface area contributed by atoms with Gasteiger partial charge >= 0.3 is 0 Å². The van der Waals surface area contributed by atoms with E-state index in [1.54, 1.807) is 12.1 Å². The van der Waals surface area contributed by atoms with Gasteiger partial charge in [0.1, 0.15) is 0 Å². The summed E-state index contributed by atoms with van der Waals surface area (Å²) < 4.78 is 0. The van der Waals surface area contributed by atoms with E-state index in [1.807, 2.05) is 13.8 Å². The van der Waals surface area contributed by atoms with Gasteiger partial charge in [0.25, 0.3) is 0 Å². The van der Waals surface area contributed by atoms with Crippen LogP contribution in [-0.2, 0) is 0 Å². The minimum atomic E-state index is -0.155. The van der Waals surface area contributed by atoms with Gasteiger partial charge in [-0.15, -0.1) is 0 Å². The number of rotatable bonds is 0. The molecule has 0 spiro atoms. The molecule has 0 bridgehead atoms. The van der Waals surface area contributed by atoms with E-state index in [-0.39, 0.29) is 11.6 Å². The molecule has 2 aromatic rings. The van der Waals surface area contributed by atoms with E-state index in [2.05, 4.69) is 10.2 Å². The molecule has 18 heavy (non-hydrogen) atoms. The molecule has 0 fully saturated rings. The molecule has 0 atom stereocenters. The number of hydrogen-bond acceptors (Lipinski definition) is 4. The SMILES string of the molecule is Cc1cc2c(cc1C)C(=O)c1cnncc1C2=O. The molecule has 4 heteroatoms. The van der Waals surface area contributed by atoms with Crippen LogP contribution in [0.5, 0.6) is 0 Å². The summed E-state index contributed by atoms with van der Waals surface area (Å²) in [7, 11) is 0. The summed E-state index contributed by atoms with van der Waals surface area (Å²) >= 11 is 0. The number of ketones is 2. The quantitative estimate of drug-likeness (QED) is 0.600. The van der Waals surface area contributed by atoms with E-state index in [1.165, 1.54) is 12.4 Å². The molecular weight excluding hydrogens is 228 g/mol. The van der Waals surface area contributed by atoms with Gasteiger partial charge in [-0.3, -0.25) is 9.59 Å². The summed E-state index contributed by atoms with van der Waals surface area (Å²) in [5.74, 6) is -0.310. The van der Waals surface area contributed by atoms with Crippen LogP contribution in [0.4, 0.5) is 0 Å². The number of hydrogen-bond donors (Lipinski definition) is 0. The highest BCUT2D eigenvalue weighted by atomic mass is 16.1. The Bertz CT molecular complexity index is 645. The summed E-state index contributed by atoms with van der Waals surface area (Å²) in [6, 6.07) is 3.54. The lowest BCUT2D eigenvalue weighted by molar-refractivity contribution is 0.0978. The Labute approximate surface area is 104 Å². The number of fused-ring (bicyclic) bond motifs is 2. The van der Waals surface area contributed by atoms with Crippen molar-refractivity contribution in [3.05, 3.63) is 57.9 Å². The molecule has 88 valence electrons. The molecule has 0 amide bonds. The second kappa shape index (κ2) is 3.57. The van der Waals surface area contributed by atoms with Gasteiger partial charge in [0.2, 0.25) is 0 Å². The summed E-state index contributed by atoms with van der Waals surface area (Å²) in [6.45, 7) is 3.85. The van der Waals surface area contributed by atoms with Gasteiger partial charge < -0.3 is 0 Å². The standard InChI is InChI=1S/C14H10N2O2/c1-7-3-9-10(4-8(7)2)14(18)12-6-16-15-5-11(12)13(9)17/h3-6H,1-2H3. The van der Waals surface area contributed by atoms with Gasteiger partial charge in [0.05, 0.1) is 23.5 Å². The number of benzene rings is 1. The first kappa shape index (κ1) is 10.8. The second-order valence-electron chi connectivity index (χ2n) is 4.46. The molecule has 0 radical (unpaired) electrons.